The minimum Gasteiger partial charge on any atom is -0.387 e. The third kappa shape index (κ3) is 2.29. The Balaban J connectivity index is 2.99. The van der Waals surface area contributed by atoms with Gasteiger partial charge in [0.25, 0.3) is 5.56 Å². The van der Waals surface area contributed by atoms with Crippen molar-refractivity contribution >= 4 is 11.6 Å². The van der Waals surface area contributed by atoms with Crippen LogP contribution in [0.1, 0.15) is 0 Å². The number of carbonyl (C=O) groups excluding carboxylic acids is 1. The molecule has 0 aliphatic carbocycles. The molecule has 6 heteroatoms. The van der Waals surface area contributed by atoms with E-state index in [0.29, 0.717) is 5.69 Å². The monoisotopic (exact) mass is 182 g/mol. The van der Waals surface area contributed by atoms with Gasteiger partial charge in [0, 0.05) is 13.1 Å². The van der Waals surface area contributed by atoms with E-state index < -0.39 is 5.91 Å². The highest BCUT2D eigenvalue weighted by atomic mass is 16.2. The van der Waals surface area contributed by atoms with Gasteiger partial charge < -0.3 is 11.1 Å². The lowest BCUT2D eigenvalue weighted by molar-refractivity contribution is -0.118. The number of amides is 1. The largest absolute Gasteiger partial charge is 0.387 e. The fraction of sp³-hybridized carbons (Fsp3) is 0.286. The van der Waals surface area contributed by atoms with Crippen molar-refractivity contribution < 1.29 is 4.79 Å². The Morgan fingerprint density at radius 3 is 2.92 bits per heavy atom. The molecule has 6 nitrogen and oxygen atoms in total. The Kier molecular flexibility index (Phi) is 2.63. The highest BCUT2D eigenvalue weighted by Gasteiger charge is 2.01. The maximum Gasteiger partial charge on any atom is 0.269 e. The number of anilines is 1. The summed E-state index contributed by atoms with van der Waals surface area (Å²) < 4.78 is 1.00. The Morgan fingerprint density at radius 2 is 2.46 bits per heavy atom. The van der Waals surface area contributed by atoms with E-state index in [-0.39, 0.29) is 12.1 Å². The van der Waals surface area contributed by atoms with Crippen molar-refractivity contribution in [2.75, 3.05) is 12.4 Å². The van der Waals surface area contributed by atoms with E-state index in [1.165, 1.54) is 12.3 Å². The zero-order chi connectivity index (χ0) is 9.84. The predicted molar refractivity (Wildman–Crippen MR) is 47.2 cm³/mol. The Hall–Kier alpha value is -1.85. The van der Waals surface area contributed by atoms with Crippen molar-refractivity contribution in [1.29, 1.82) is 0 Å². The third-order valence-corrected chi connectivity index (χ3v) is 1.46. The van der Waals surface area contributed by atoms with Gasteiger partial charge in [-0.3, -0.25) is 9.59 Å². The van der Waals surface area contributed by atoms with Crippen molar-refractivity contribution in [1.82, 2.24) is 9.78 Å². The van der Waals surface area contributed by atoms with Crippen LogP contribution in [0, 0.1) is 0 Å². The molecule has 1 aromatic heterocycles. The lowest BCUT2D eigenvalue weighted by Crippen LogP contribution is -2.29. The SMILES string of the molecule is CNc1cnn(CC(N)=O)c(=O)c1. The van der Waals surface area contributed by atoms with Gasteiger partial charge in [-0.25, -0.2) is 4.68 Å². The summed E-state index contributed by atoms with van der Waals surface area (Å²) in [5.74, 6) is -0.591. The molecular weight excluding hydrogens is 172 g/mol. The molecule has 1 amide bonds. The standard InChI is InChI=1S/C7H10N4O2/c1-9-5-2-7(13)11(10-3-5)4-6(8)12/h2-3,9H,4H2,1H3,(H2,8,12). The molecule has 0 radical (unpaired) electrons. The minimum absolute atomic E-state index is 0.192. The van der Waals surface area contributed by atoms with Gasteiger partial charge in [0.05, 0.1) is 11.9 Å². The molecule has 0 saturated heterocycles. The first-order valence-electron chi connectivity index (χ1n) is 3.66. The number of hydrogen-bond donors (Lipinski definition) is 2. The summed E-state index contributed by atoms with van der Waals surface area (Å²) in [7, 11) is 1.68. The van der Waals surface area contributed by atoms with Crippen molar-refractivity contribution in [3.8, 4) is 0 Å². The molecule has 0 spiro atoms. The lowest BCUT2D eigenvalue weighted by atomic mass is 10.4. The van der Waals surface area contributed by atoms with E-state index in [9.17, 15) is 9.59 Å². The minimum atomic E-state index is -0.591. The molecule has 13 heavy (non-hydrogen) atoms. The molecule has 0 unspecified atom stereocenters. The molecule has 0 fully saturated rings. The van der Waals surface area contributed by atoms with Gasteiger partial charge in [0.15, 0.2) is 0 Å². The zero-order valence-electron chi connectivity index (χ0n) is 7.15. The molecule has 1 rings (SSSR count). The van der Waals surface area contributed by atoms with Crippen LogP contribution in [0.25, 0.3) is 0 Å². The predicted octanol–water partition coefficient (Wildman–Crippen LogP) is -1.23. The average molecular weight is 182 g/mol. The van der Waals surface area contributed by atoms with Gasteiger partial charge in [-0.2, -0.15) is 5.10 Å². The highest BCUT2D eigenvalue weighted by Crippen LogP contribution is 1.95. The van der Waals surface area contributed by atoms with Crippen LogP contribution in [0.5, 0.6) is 0 Å². The first-order valence-corrected chi connectivity index (χ1v) is 3.66. The van der Waals surface area contributed by atoms with Crippen LogP contribution in [-0.4, -0.2) is 22.7 Å². The number of carbonyl (C=O) groups is 1. The molecule has 3 N–H and O–H groups in total. The van der Waals surface area contributed by atoms with Crippen molar-refractivity contribution in [3.05, 3.63) is 22.6 Å². The first kappa shape index (κ1) is 9.24. The van der Waals surface area contributed by atoms with Crippen molar-refractivity contribution in [3.63, 3.8) is 0 Å². The number of hydrogen-bond acceptors (Lipinski definition) is 4. The Labute approximate surface area is 74.4 Å². The highest BCUT2D eigenvalue weighted by molar-refractivity contribution is 5.73. The fourth-order valence-corrected chi connectivity index (χ4v) is 0.837. The van der Waals surface area contributed by atoms with Crippen LogP contribution in [-0.2, 0) is 11.3 Å². The van der Waals surface area contributed by atoms with Gasteiger partial charge >= 0.3 is 0 Å². The molecule has 1 heterocycles. The zero-order valence-corrected chi connectivity index (χ0v) is 7.15. The van der Waals surface area contributed by atoms with E-state index in [2.05, 4.69) is 10.4 Å². The number of primary amides is 1. The Bertz CT molecular complexity index is 371. The number of rotatable bonds is 3. The summed E-state index contributed by atoms with van der Waals surface area (Å²) in [4.78, 5) is 21.7. The lowest BCUT2D eigenvalue weighted by Gasteiger charge is -2.02. The van der Waals surface area contributed by atoms with Crippen LogP contribution in [0.4, 0.5) is 5.69 Å². The fourth-order valence-electron chi connectivity index (χ4n) is 0.837. The normalized spacial score (nSPS) is 9.62. The van der Waals surface area contributed by atoms with Crippen molar-refractivity contribution in [2.24, 2.45) is 5.73 Å². The number of aromatic nitrogens is 2. The molecule has 70 valence electrons. The maximum absolute atomic E-state index is 11.2. The number of nitrogens with zero attached hydrogens (tertiary/aromatic N) is 2. The van der Waals surface area contributed by atoms with Gasteiger partial charge in [0.1, 0.15) is 6.54 Å². The number of nitrogens with two attached hydrogens (primary N) is 1. The second-order valence-electron chi connectivity index (χ2n) is 2.46. The van der Waals surface area contributed by atoms with Crippen LogP contribution in [0.2, 0.25) is 0 Å². The second kappa shape index (κ2) is 3.70. The van der Waals surface area contributed by atoms with E-state index in [1.54, 1.807) is 7.05 Å². The summed E-state index contributed by atoms with van der Waals surface area (Å²) in [6.07, 6.45) is 1.45. The average Bonchev–Trinajstić information content (AvgIpc) is 2.08. The Morgan fingerprint density at radius 1 is 1.77 bits per heavy atom. The molecule has 0 aliphatic heterocycles. The molecular formula is C7H10N4O2. The van der Waals surface area contributed by atoms with E-state index >= 15 is 0 Å². The first-order chi connectivity index (χ1) is 6.13. The van der Waals surface area contributed by atoms with Gasteiger partial charge in [-0.15, -0.1) is 0 Å². The van der Waals surface area contributed by atoms with E-state index in [1.807, 2.05) is 0 Å². The molecule has 1 aromatic rings. The summed E-state index contributed by atoms with van der Waals surface area (Å²) in [5.41, 5.74) is 5.16. The van der Waals surface area contributed by atoms with Gasteiger partial charge in [-0.05, 0) is 0 Å². The van der Waals surface area contributed by atoms with E-state index in [4.69, 9.17) is 5.73 Å². The van der Waals surface area contributed by atoms with Crippen LogP contribution < -0.4 is 16.6 Å². The smallest absolute Gasteiger partial charge is 0.269 e. The third-order valence-electron chi connectivity index (χ3n) is 1.46. The molecule has 0 aromatic carbocycles. The molecule has 0 atom stereocenters. The summed E-state index contributed by atoms with van der Waals surface area (Å²) in [6.45, 7) is -0.192. The summed E-state index contributed by atoms with van der Waals surface area (Å²) in [5, 5.41) is 6.49. The quantitative estimate of drug-likeness (QED) is 0.612. The van der Waals surface area contributed by atoms with E-state index in [0.717, 1.165) is 4.68 Å². The number of nitrogens with one attached hydrogen (secondary N) is 1. The topological polar surface area (TPSA) is 90.0 Å². The van der Waals surface area contributed by atoms with Crippen LogP contribution in [0.3, 0.4) is 0 Å². The second-order valence-corrected chi connectivity index (χ2v) is 2.46. The maximum atomic E-state index is 11.2. The van der Waals surface area contributed by atoms with Gasteiger partial charge in [0.2, 0.25) is 5.91 Å². The molecule has 0 bridgehead atoms. The molecule has 0 saturated carbocycles. The molecule has 0 aliphatic rings. The van der Waals surface area contributed by atoms with Crippen LogP contribution in [0.15, 0.2) is 17.1 Å². The summed E-state index contributed by atoms with van der Waals surface area (Å²) in [6, 6.07) is 1.34. The van der Waals surface area contributed by atoms with Crippen molar-refractivity contribution in [2.45, 2.75) is 6.54 Å². The summed E-state index contributed by atoms with van der Waals surface area (Å²) >= 11 is 0. The van der Waals surface area contributed by atoms with Crippen LogP contribution >= 0.6 is 0 Å². The van der Waals surface area contributed by atoms with Gasteiger partial charge in [-0.1, -0.05) is 0 Å².